The van der Waals surface area contributed by atoms with E-state index in [1.807, 2.05) is 0 Å². The minimum atomic E-state index is -0.0501. The Kier molecular flexibility index (Phi) is 4.56. The number of hydrogen-bond donors (Lipinski definition) is 1. The molecule has 0 aromatic heterocycles. The summed E-state index contributed by atoms with van der Waals surface area (Å²) >= 11 is 0. The molecule has 3 heteroatoms. The van der Waals surface area contributed by atoms with E-state index in [9.17, 15) is 0 Å². The van der Waals surface area contributed by atoms with Crippen molar-refractivity contribution in [2.24, 2.45) is 5.73 Å². The molecule has 2 N–H and O–H groups in total. The van der Waals surface area contributed by atoms with Crippen LogP contribution in [0.5, 0.6) is 0 Å². The van der Waals surface area contributed by atoms with Gasteiger partial charge in [-0.1, -0.05) is 13.3 Å². The largest absolute Gasteiger partial charge is 0.373 e. The lowest BCUT2D eigenvalue weighted by atomic mass is 9.96. The lowest BCUT2D eigenvalue weighted by Gasteiger charge is -2.39. The Morgan fingerprint density at radius 1 is 1.33 bits per heavy atom. The predicted octanol–water partition coefficient (Wildman–Crippen LogP) is 1.61. The van der Waals surface area contributed by atoms with E-state index in [4.69, 9.17) is 10.5 Å². The third-order valence-electron chi connectivity index (χ3n) is 2.90. The summed E-state index contributed by atoms with van der Waals surface area (Å²) in [6.07, 6.45) is 2.92. The van der Waals surface area contributed by atoms with Gasteiger partial charge >= 0.3 is 0 Å². The molecule has 1 rings (SSSR count). The van der Waals surface area contributed by atoms with Crippen LogP contribution in [0, 0.1) is 0 Å². The third kappa shape index (κ3) is 4.49. The molecule has 0 aliphatic carbocycles. The van der Waals surface area contributed by atoms with E-state index in [-0.39, 0.29) is 5.54 Å². The molecule has 1 fully saturated rings. The van der Waals surface area contributed by atoms with Gasteiger partial charge in [0.2, 0.25) is 0 Å². The smallest absolute Gasteiger partial charge is 0.0678 e. The molecule has 1 aliphatic heterocycles. The van der Waals surface area contributed by atoms with E-state index in [2.05, 4.69) is 32.6 Å². The van der Waals surface area contributed by atoms with Crippen molar-refractivity contribution in [2.75, 3.05) is 19.6 Å². The summed E-state index contributed by atoms with van der Waals surface area (Å²) in [5.41, 5.74) is 6.22. The van der Waals surface area contributed by atoms with Gasteiger partial charge in [0, 0.05) is 25.2 Å². The molecule has 1 saturated heterocycles. The van der Waals surface area contributed by atoms with Gasteiger partial charge in [0.05, 0.1) is 12.2 Å². The van der Waals surface area contributed by atoms with Crippen LogP contribution in [0.3, 0.4) is 0 Å². The van der Waals surface area contributed by atoms with Gasteiger partial charge in [0.15, 0.2) is 0 Å². The number of hydrogen-bond acceptors (Lipinski definition) is 3. The van der Waals surface area contributed by atoms with Gasteiger partial charge in [0.25, 0.3) is 0 Å². The fraction of sp³-hybridized carbons (Fsp3) is 1.00. The van der Waals surface area contributed by atoms with E-state index in [0.717, 1.165) is 32.5 Å². The van der Waals surface area contributed by atoms with E-state index in [1.54, 1.807) is 0 Å². The van der Waals surface area contributed by atoms with E-state index >= 15 is 0 Å². The average Bonchev–Trinajstić information content (AvgIpc) is 1.99. The highest BCUT2D eigenvalue weighted by atomic mass is 16.5. The molecule has 0 aromatic carbocycles. The lowest BCUT2D eigenvalue weighted by molar-refractivity contribution is -0.0723. The van der Waals surface area contributed by atoms with Gasteiger partial charge in [-0.2, -0.15) is 0 Å². The minimum absolute atomic E-state index is 0.0501. The summed E-state index contributed by atoms with van der Waals surface area (Å²) in [4.78, 5) is 2.44. The van der Waals surface area contributed by atoms with E-state index in [1.165, 1.54) is 0 Å². The van der Waals surface area contributed by atoms with Crippen molar-refractivity contribution in [1.29, 1.82) is 0 Å². The average molecular weight is 214 g/mol. The second-order valence-corrected chi connectivity index (χ2v) is 5.36. The van der Waals surface area contributed by atoms with Crippen molar-refractivity contribution < 1.29 is 4.74 Å². The molecule has 3 nitrogen and oxygen atoms in total. The Bertz CT molecular complexity index is 184. The van der Waals surface area contributed by atoms with Crippen LogP contribution in [0.1, 0.15) is 40.5 Å². The van der Waals surface area contributed by atoms with Crippen LogP contribution in [0.2, 0.25) is 0 Å². The second-order valence-electron chi connectivity index (χ2n) is 5.36. The molecule has 0 bridgehead atoms. The van der Waals surface area contributed by atoms with Crippen molar-refractivity contribution in [1.82, 2.24) is 4.90 Å². The zero-order valence-electron chi connectivity index (χ0n) is 10.6. The molecule has 15 heavy (non-hydrogen) atoms. The highest BCUT2D eigenvalue weighted by molar-refractivity contribution is 4.85. The van der Waals surface area contributed by atoms with Crippen molar-refractivity contribution in [3.8, 4) is 0 Å². The van der Waals surface area contributed by atoms with Crippen LogP contribution < -0.4 is 5.73 Å². The lowest BCUT2D eigenvalue weighted by Crippen LogP contribution is -2.54. The van der Waals surface area contributed by atoms with Crippen LogP contribution in [0.25, 0.3) is 0 Å². The molecule has 0 spiro atoms. The van der Waals surface area contributed by atoms with Crippen LogP contribution in [-0.4, -0.2) is 42.3 Å². The van der Waals surface area contributed by atoms with E-state index < -0.39 is 0 Å². The zero-order valence-corrected chi connectivity index (χ0v) is 10.6. The van der Waals surface area contributed by atoms with Crippen molar-refractivity contribution in [2.45, 2.75) is 58.3 Å². The van der Waals surface area contributed by atoms with Crippen molar-refractivity contribution in [3.05, 3.63) is 0 Å². The Balaban J connectivity index is 2.43. The monoisotopic (exact) mass is 214 g/mol. The SMILES string of the molecule is CCCC(C)(N)CN1C[C@@H](C)O[C@@H](C)C1. The molecule has 0 amide bonds. The van der Waals surface area contributed by atoms with Gasteiger partial charge < -0.3 is 10.5 Å². The topological polar surface area (TPSA) is 38.5 Å². The molecule has 3 atom stereocenters. The van der Waals surface area contributed by atoms with Crippen LogP contribution >= 0.6 is 0 Å². The Morgan fingerprint density at radius 2 is 1.87 bits per heavy atom. The maximum absolute atomic E-state index is 6.27. The molecule has 1 aliphatic rings. The van der Waals surface area contributed by atoms with Crippen LogP contribution in [0.4, 0.5) is 0 Å². The van der Waals surface area contributed by atoms with Crippen LogP contribution in [-0.2, 0) is 4.74 Å². The van der Waals surface area contributed by atoms with Gasteiger partial charge in [-0.05, 0) is 27.2 Å². The van der Waals surface area contributed by atoms with Gasteiger partial charge in [-0.15, -0.1) is 0 Å². The standard InChI is InChI=1S/C12H26N2O/c1-5-6-12(4,13)9-14-7-10(2)15-11(3)8-14/h10-11H,5-9,13H2,1-4H3/t10-,11+,12?. The second kappa shape index (κ2) is 5.28. The molecule has 0 aromatic rings. The Labute approximate surface area is 94.0 Å². The first-order chi connectivity index (χ1) is 6.93. The highest BCUT2D eigenvalue weighted by Crippen LogP contribution is 2.16. The molecule has 90 valence electrons. The molecule has 1 heterocycles. The van der Waals surface area contributed by atoms with E-state index in [0.29, 0.717) is 12.2 Å². The fourth-order valence-electron chi connectivity index (χ4n) is 2.57. The first-order valence-electron chi connectivity index (χ1n) is 6.09. The number of ether oxygens (including phenoxy) is 1. The summed E-state index contributed by atoms with van der Waals surface area (Å²) in [5.74, 6) is 0. The molecule has 0 saturated carbocycles. The molecule has 0 radical (unpaired) electrons. The van der Waals surface area contributed by atoms with Crippen LogP contribution in [0.15, 0.2) is 0 Å². The number of rotatable bonds is 4. The van der Waals surface area contributed by atoms with Gasteiger partial charge in [0.1, 0.15) is 0 Å². The van der Waals surface area contributed by atoms with Crippen molar-refractivity contribution in [3.63, 3.8) is 0 Å². The maximum Gasteiger partial charge on any atom is 0.0678 e. The molecular weight excluding hydrogens is 188 g/mol. The Hall–Kier alpha value is -0.120. The third-order valence-corrected chi connectivity index (χ3v) is 2.90. The Morgan fingerprint density at radius 3 is 2.33 bits per heavy atom. The predicted molar refractivity (Wildman–Crippen MR) is 63.9 cm³/mol. The van der Waals surface area contributed by atoms with Crippen molar-refractivity contribution >= 4 is 0 Å². The summed E-state index contributed by atoms with van der Waals surface area (Å²) in [5, 5.41) is 0. The first-order valence-corrected chi connectivity index (χ1v) is 6.09. The minimum Gasteiger partial charge on any atom is -0.373 e. The van der Waals surface area contributed by atoms with Gasteiger partial charge in [-0.3, -0.25) is 4.90 Å². The quantitative estimate of drug-likeness (QED) is 0.773. The summed E-state index contributed by atoms with van der Waals surface area (Å²) in [7, 11) is 0. The fourth-order valence-corrected chi connectivity index (χ4v) is 2.57. The summed E-state index contributed by atoms with van der Waals surface area (Å²) in [6.45, 7) is 11.6. The zero-order chi connectivity index (χ0) is 11.5. The molecule has 1 unspecified atom stereocenters. The number of nitrogens with zero attached hydrogens (tertiary/aromatic N) is 1. The molecular formula is C12H26N2O. The highest BCUT2D eigenvalue weighted by Gasteiger charge is 2.27. The normalized spacial score (nSPS) is 32.6. The summed E-state index contributed by atoms with van der Waals surface area (Å²) < 4.78 is 5.71. The first kappa shape index (κ1) is 12.9. The van der Waals surface area contributed by atoms with Gasteiger partial charge in [-0.25, -0.2) is 0 Å². The number of morpholine rings is 1. The number of nitrogens with two attached hydrogens (primary N) is 1. The maximum atomic E-state index is 6.27. The summed E-state index contributed by atoms with van der Waals surface area (Å²) in [6, 6.07) is 0.